The van der Waals surface area contributed by atoms with E-state index in [1.54, 1.807) is 31.2 Å². The van der Waals surface area contributed by atoms with Crippen LogP contribution in [0.1, 0.15) is 18.2 Å². The van der Waals surface area contributed by atoms with E-state index in [9.17, 15) is 13.2 Å². The number of sulfonamides is 1. The number of thiazole rings is 1. The molecule has 0 bridgehead atoms. The second-order valence-corrected chi connectivity index (χ2v) is 7.25. The fourth-order valence-electron chi connectivity index (χ4n) is 1.61. The number of nitrogens with zero attached hydrogens (tertiary/aromatic N) is 1. The fraction of sp³-hybridized carbons (Fsp3) is 0.154. The SMILES string of the molecule is [CH2]c1ccc(NS(=O)(=O)c2sc(NC(C)=O)nc2C)cc1. The molecule has 0 saturated carbocycles. The van der Waals surface area contributed by atoms with Crippen molar-refractivity contribution in [3.63, 3.8) is 0 Å². The largest absolute Gasteiger partial charge is 0.302 e. The third kappa shape index (κ3) is 3.79. The number of amides is 1. The van der Waals surface area contributed by atoms with Gasteiger partial charge in [-0.1, -0.05) is 23.5 Å². The molecule has 0 fully saturated rings. The summed E-state index contributed by atoms with van der Waals surface area (Å²) in [6.45, 7) is 6.65. The van der Waals surface area contributed by atoms with Crippen molar-refractivity contribution < 1.29 is 13.2 Å². The molecule has 1 aromatic heterocycles. The molecule has 2 rings (SSSR count). The summed E-state index contributed by atoms with van der Waals surface area (Å²) in [4.78, 5) is 15.0. The summed E-state index contributed by atoms with van der Waals surface area (Å²) in [6.07, 6.45) is 0. The van der Waals surface area contributed by atoms with Crippen molar-refractivity contribution in [1.82, 2.24) is 4.98 Å². The summed E-state index contributed by atoms with van der Waals surface area (Å²) in [5, 5.41) is 2.74. The van der Waals surface area contributed by atoms with Crippen LogP contribution in [0, 0.1) is 13.8 Å². The lowest BCUT2D eigenvalue weighted by atomic mass is 10.2. The van der Waals surface area contributed by atoms with Crippen LogP contribution in [-0.4, -0.2) is 19.3 Å². The highest BCUT2D eigenvalue weighted by Gasteiger charge is 2.22. The second kappa shape index (κ2) is 5.82. The van der Waals surface area contributed by atoms with Crippen molar-refractivity contribution in [2.75, 3.05) is 10.0 Å². The van der Waals surface area contributed by atoms with Gasteiger partial charge in [-0.3, -0.25) is 9.52 Å². The number of carbonyl (C=O) groups is 1. The summed E-state index contributed by atoms with van der Waals surface area (Å²) < 4.78 is 27.2. The number of aryl methyl sites for hydroxylation is 1. The van der Waals surface area contributed by atoms with Gasteiger partial charge in [-0.25, -0.2) is 13.4 Å². The van der Waals surface area contributed by atoms with E-state index in [0.29, 0.717) is 11.4 Å². The molecule has 0 saturated heterocycles. The summed E-state index contributed by atoms with van der Waals surface area (Å²) >= 11 is 0.911. The Morgan fingerprint density at radius 1 is 1.29 bits per heavy atom. The van der Waals surface area contributed by atoms with Gasteiger partial charge in [-0.2, -0.15) is 0 Å². The van der Waals surface area contributed by atoms with Gasteiger partial charge in [0.05, 0.1) is 5.69 Å². The standard InChI is InChI=1S/C13H14N3O3S2/c1-8-4-6-11(7-5-8)16-21(18,19)12-9(2)14-13(20-12)15-10(3)17/h4-7,16H,1H2,2-3H3,(H,14,15,17). The number of benzene rings is 1. The maximum Gasteiger partial charge on any atom is 0.273 e. The zero-order valence-corrected chi connectivity index (χ0v) is 13.1. The fourth-order valence-corrected chi connectivity index (χ4v) is 4.13. The molecule has 0 unspecified atom stereocenters. The number of carbonyl (C=O) groups excluding carboxylic acids is 1. The van der Waals surface area contributed by atoms with Crippen molar-refractivity contribution >= 4 is 38.1 Å². The van der Waals surface area contributed by atoms with Crippen LogP contribution in [0.5, 0.6) is 0 Å². The first-order valence-corrected chi connectivity index (χ1v) is 8.28. The molecule has 111 valence electrons. The second-order valence-electron chi connectivity index (χ2n) is 4.38. The zero-order chi connectivity index (χ0) is 15.6. The lowest BCUT2D eigenvalue weighted by molar-refractivity contribution is -0.114. The van der Waals surface area contributed by atoms with Gasteiger partial charge in [0.1, 0.15) is 0 Å². The molecule has 2 N–H and O–H groups in total. The van der Waals surface area contributed by atoms with Crippen molar-refractivity contribution in [2.24, 2.45) is 0 Å². The average molecular weight is 324 g/mol. The number of hydrogen-bond acceptors (Lipinski definition) is 5. The minimum Gasteiger partial charge on any atom is -0.302 e. The minimum absolute atomic E-state index is 0.0740. The van der Waals surface area contributed by atoms with E-state index >= 15 is 0 Å². The van der Waals surface area contributed by atoms with E-state index in [0.717, 1.165) is 16.9 Å². The molecule has 1 amide bonds. The van der Waals surface area contributed by atoms with Crippen molar-refractivity contribution in [2.45, 2.75) is 18.1 Å². The Hall–Kier alpha value is -1.93. The van der Waals surface area contributed by atoms with Gasteiger partial charge in [-0.05, 0) is 31.5 Å². The van der Waals surface area contributed by atoms with Crippen molar-refractivity contribution in [3.05, 3.63) is 42.4 Å². The van der Waals surface area contributed by atoms with E-state index in [-0.39, 0.29) is 15.2 Å². The van der Waals surface area contributed by atoms with Crippen LogP contribution in [0.2, 0.25) is 0 Å². The summed E-state index contributed by atoms with van der Waals surface area (Å²) in [5.41, 5.74) is 1.57. The molecular weight excluding hydrogens is 310 g/mol. The summed E-state index contributed by atoms with van der Waals surface area (Å²) in [7, 11) is -3.74. The van der Waals surface area contributed by atoms with Crippen molar-refractivity contribution in [1.29, 1.82) is 0 Å². The highest BCUT2D eigenvalue weighted by Crippen LogP contribution is 2.28. The van der Waals surface area contributed by atoms with Gasteiger partial charge in [0.2, 0.25) is 5.91 Å². The Morgan fingerprint density at radius 3 is 2.48 bits per heavy atom. The number of rotatable bonds is 4. The Balaban J connectivity index is 2.29. The number of nitrogens with one attached hydrogen (secondary N) is 2. The smallest absolute Gasteiger partial charge is 0.273 e. The first-order valence-electron chi connectivity index (χ1n) is 5.98. The zero-order valence-electron chi connectivity index (χ0n) is 11.5. The molecule has 1 aromatic carbocycles. The van der Waals surface area contributed by atoms with Crippen LogP contribution in [0.3, 0.4) is 0 Å². The lowest BCUT2D eigenvalue weighted by Crippen LogP contribution is -2.12. The quantitative estimate of drug-likeness (QED) is 0.904. The Labute approximate surface area is 127 Å². The molecule has 2 aromatic rings. The Morgan fingerprint density at radius 2 is 1.90 bits per heavy atom. The number of hydrogen-bond donors (Lipinski definition) is 2. The van der Waals surface area contributed by atoms with E-state index in [2.05, 4.69) is 21.9 Å². The van der Waals surface area contributed by atoms with Crippen LogP contribution in [-0.2, 0) is 14.8 Å². The maximum absolute atomic E-state index is 12.3. The normalized spacial score (nSPS) is 11.2. The van der Waals surface area contributed by atoms with Gasteiger partial charge >= 0.3 is 0 Å². The maximum atomic E-state index is 12.3. The number of anilines is 2. The van der Waals surface area contributed by atoms with E-state index < -0.39 is 10.0 Å². The molecule has 8 heteroatoms. The van der Waals surface area contributed by atoms with Crippen molar-refractivity contribution in [3.8, 4) is 0 Å². The van der Waals surface area contributed by atoms with Crippen LogP contribution in [0.4, 0.5) is 10.8 Å². The molecule has 1 radical (unpaired) electrons. The molecule has 0 atom stereocenters. The molecular formula is C13H14N3O3S2. The predicted molar refractivity (Wildman–Crippen MR) is 82.9 cm³/mol. The average Bonchev–Trinajstić information content (AvgIpc) is 2.73. The molecule has 0 spiro atoms. The topological polar surface area (TPSA) is 88.2 Å². The van der Waals surface area contributed by atoms with Crippen LogP contribution >= 0.6 is 11.3 Å². The van der Waals surface area contributed by atoms with E-state index in [1.807, 2.05) is 0 Å². The van der Waals surface area contributed by atoms with Gasteiger partial charge in [0, 0.05) is 12.6 Å². The van der Waals surface area contributed by atoms with Crippen LogP contribution in [0.15, 0.2) is 28.5 Å². The van der Waals surface area contributed by atoms with Gasteiger partial charge in [0.15, 0.2) is 9.34 Å². The molecule has 21 heavy (non-hydrogen) atoms. The van der Waals surface area contributed by atoms with E-state index in [1.165, 1.54) is 6.92 Å². The highest BCUT2D eigenvalue weighted by atomic mass is 32.2. The Kier molecular flexibility index (Phi) is 4.29. The molecule has 0 aliphatic heterocycles. The molecule has 0 aliphatic carbocycles. The monoisotopic (exact) mass is 324 g/mol. The van der Waals surface area contributed by atoms with Gasteiger partial charge < -0.3 is 5.32 Å². The summed E-state index contributed by atoms with van der Waals surface area (Å²) in [6, 6.07) is 6.68. The van der Waals surface area contributed by atoms with Crippen LogP contribution in [0.25, 0.3) is 0 Å². The first kappa shape index (κ1) is 15.5. The minimum atomic E-state index is -3.74. The predicted octanol–water partition coefficient (Wildman–Crippen LogP) is 2.39. The third-order valence-electron chi connectivity index (χ3n) is 2.49. The first-order chi connectivity index (χ1) is 9.78. The Bertz CT molecular complexity index is 764. The van der Waals surface area contributed by atoms with Gasteiger partial charge in [0.25, 0.3) is 10.0 Å². The molecule has 1 heterocycles. The molecule has 0 aliphatic rings. The van der Waals surface area contributed by atoms with Crippen LogP contribution < -0.4 is 10.0 Å². The third-order valence-corrected chi connectivity index (χ3v) is 5.55. The molecule has 6 nitrogen and oxygen atoms in total. The van der Waals surface area contributed by atoms with E-state index in [4.69, 9.17) is 0 Å². The number of aromatic nitrogens is 1. The highest BCUT2D eigenvalue weighted by molar-refractivity contribution is 7.94. The lowest BCUT2D eigenvalue weighted by Gasteiger charge is -2.06. The van der Waals surface area contributed by atoms with Gasteiger partial charge in [-0.15, -0.1) is 0 Å². The summed E-state index contributed by atoms with van der Waals surface area (Å²) in [5.74, 6) is -0.299.